The molecule has 2 rings (SSSR count). The standard InChI is InChI=1S/C17H17BrClNO3/c1-3-14(23-16-7-5-4-6-15(16)22-2)17(21)20-11-8-9-12(18)13(19)10-11/h4-10,14H,3H2,1-2H3,(H,20,21)/t14-/m1/s1. The molecule has 1 atom stereocenters. The van der Waals surface area contributed by atoms with Crippen molar-refractivity contribution in [3.8, 4) is 11.5 Å². The molecule has 0 aliphatic carbocycles. The summed E-state index contributed by atoms with van der Waals surface area (Å²) < 4.78 is 11.8. The zero-order chi connectivity index (χ0) is 16.8. The molecule has 0 aromatic heterocycles. The van der Waals surface area contributed by atoms with Gasteiger partial charge in [-0.2, -0.15) is 0 Å². The highest BCUT2D eigenvalue weighted by Crippen LogP contribution is 2.28. The smallest absolute Gasteiger partial charge is 0.265 e. The van der Waals surface area contributed by atoms with Crippen LogP contribution in [0.15, 0.2) is 46.9 Å². The van der Waals surface area contributed by atoms with E-state index in [0.717, 1.165) is 4.47 Å². The number of carbonyl (C=O) groups is 1. The lowest BCUT2D eigenvalue weighted by atomic mass is 10.2. The highest BCUT2D eigenvalue weighted by atomic mass is 79.9. The Morgan fingerprint density at radius 1 is 1.26 bits per heavy atom. The van der Waals surface area contributed by atoms with Gasteiger partial charge in [-0.3, -0.25) is 4.79 Å². The van der Waals surface area contributed by atoms with Crippen LogP contribution in [0.2, 0.25) is 5.02 Å². The van der Waals surface area contributed by atoms with Crippen molar-refractivity contribution in [1.29, 1.82) is 0 Å². The first-order chi connectivity index (χ1) is 11.0. The topological polar surface area (TPSA) is 47.6 Å². The maximum atomic E-state index is 12.4. The average molecular weight is 399 g/mol. The Morgan fingerprint density at radius 2 is 1.96 bits per heavy atom. The van der Waals surface area contributed by atoms with Crippen LogP contribution in [0.4, 0.5) is 5.69 Å². The molecule has 0 aliphatic heterocycles. The lowest BCUT2D eigenvalue weighted by molar-refractivity contribution is -0.122. The number of benzene rings is 2. The van der Waals surface area contributed by atoms with Gasteiger partial charge in [0, 0.05) is 10.2 Å². The molecule has 0 saturated heterocycles. The number of ether oxygens (including phenoxy) is 2. The van der Waals surface area contributed by atoms with E-state index in [9.17, 15) is 4.79 Å². The largest absolute Gasteiger partial charge is 0.493 e. The summed E-state index contributed by atoms with van der Waals surface area (Å²) in [5, 5.41) is 3.34. The first kappa shape index (κ1) is 17.6. The Morgan fingerprint density at radius 3 is 2.57 bits per heavy atom. The van der Waals surface area contributed by atoms with Crippen LogP contribution in [0.1, 0.15) is 13.3 Å². The summed E-state index contributed by atoms with van der Waals surface area (Å²) in [6.45, 7) is 1.88. The molecule has 23 heavy (non-hydrogen) atoms. The molecule has 0 unspecified atom stereocenters. The van der Waals surface area contributed by atoms with Crippen LogP contribution < -0.4 is 14.8 Å². The molecular weight excluding hydrogens is 382 g/mol. The minimum absolute atomic E-state index is 0.239. The van der Waals surface area contributed by atoms with Crippen molar-refractivity contribution < 1.29 is 14.3 Å². The highest BCUT2D eigenvalue weighted by molar-refractivity contribution is 9.10. The molecule has 0 radical (unpaired) electrons. The van der Waals surface area contributed by atoms with Crippen molar-refractivity contribution in [2.75, 3.05) is 12.4 Å². The van der Waals surface area contributed by atoms with Crippen LogP contribution in [-0.4, -0.2) is 19.1 Å². The normalized spacial score (nSPS) is 11.7. The zero-order valence-electron chi connectivity index (χ0n) is 12.8. The van der Waals surface area contributed by atoms with Crippen molar-refractivity contribution in [3.05, 3.63) is 52.0 Å². The summed E-state index contributed by atoms with van der Waals surface area (Å²) in [5.41, 5.74) is 0.616. The number of methoxy groups -OCH3 is 1. The van der Waals surface area contributed by atoms with E-state index in [1.54, 1.807) is 37.4 Å². The van der Waals surface area contributed by atoms with Crippen molar-refractivity contribution >= 4 is 39.1 Å². The van der Waals surface area contributed by atoms with Crippen LogP contribution in [0.5, 0.6) is 11.5 Å². The van der Waals surface area contributed by atoms with E-state index in [1.165, 1.54) is 0 Å². The van der Waals surface area contributed by atoms with Gasteiger partial charge < -0.3 is 14.8 Å². The second-order valence-corrected chi connectivity index (χ2v) is 6.05. The molecule has 6 heteroatoms. The van der Waals surface area contributed by atoms with Gasteiger partial charge in [0.15, 0.2) is 17.6 Å². The summed E-state index contributed by atoms with van der Waals surface area (Å²) in [5.74, 6) is 0.882. The van der Waals surface area contributed by atoms with Crippen molar-refractivity contribution in [2.24, 2.45) is 0 Å². The quantitative estimate of drug-likeness (QED) is 0.752. The molecule has 4 nitrogen and oxygen atoms in total. The van der Waals surface area contributed by atoms with Crippen molar-refractivity contribution in [2.45, 2.75) is 19.4 Å². The monoisotopic (exact) mass is 397 g/mol. The van der Waals surface area contributed by atoms with Gasteiger partial charge in [0.2, 0.25) is 0 Å². The maximum Gasteiger partial charge on any atom is 0.265 e. The molecule has 2 aromatic carbocycles. The van der Waals surface area contributed by atoms with E-state index in [2.05, 4.69) is 21.2 Å². The van der Waals surface area contributed by atoms with Gasteiger partial charge in [-0.05, 0) is 52.7 Å². The molecule has 0 fully saturated rings. The second-order valence-electron chi connectivity index (χ2n) is 4.78. The summed E-state index contributed by atoms with van der Waals surface area (Å²) in [6.07, 6.45) is -0.109. The van der Waals surface area contributed by atoms with Gasteiger partial charge in [0.25, 0.3) is 5.91 Å². The third-order valence-corrected chi connectivity index (χ3v) is 4.42. The average Bonchev–Trinajstić information content (AvgIpc) is 2.56. The molecule has 0 heterocycles. The van der Waals surface area contributed by atoms with Crippen LogP contribution in [-0.2, 0) is 4.79 Å². The summed E-state index contributed by atoms with van der Waals surface area (Å²) in [7, 11) is 1.56. The predicted octanol–water partition coefficient (Wildman–Crippen LogP) is 4.91. The first-order valence-corrected chi connectivity index (χ1v) is 8.27. The van der Waals surface area contributed by atoms with Crippen LogP contribution in [0, 0.1) is 0 Å². The number of carbonyl (C=O) groups excluding carboxylic acids is 1. The molecule has 1 amide bonds. The lowest BCUT2D eigenvalue weighted by Gasteiger charge is -2.19. The highest BCUT2D eigenvalue weighted by Gasteiger charge is 2.20. The molecule has 2 aromatic rings. The van der Waals surface area contributed by atoms with Crippen molar-refractivity contribution in [3.63, 3.8) is 0 Å². The number of halogens is 2. The minimum atomic E-state index is -0.631. The van der Waals surface area contributed by atoms with Gasteiger partial charge in [0.1, 0.15) is 0 Å². The summed E-state index contributed by atoms with van der Waals surface area (Å²) >= 11 is 9.35. The van der Waals surface area contributed by atoms with Gasteiger partial charge >= 0.3 is 0 Å². The fourth-order valence-electron chi connectivity index (χ4n) is 1.99. The van der Waals surface area contributed by atoms with E-state index < -0.39 is 6.10 Å². The van der Waals surface area contributed by atoms with E-state index in [-0.39, 0.29) is 5.91 Å². The third kappa shape index (κ3) is 4.62. The predicted molar refractivity (Wildman–Crippen MR) is 95.5 cm³/mol. The number of hydrogen-bond donors (Lipinski definition) is 1. The number of para-hydroxylation sites is 2. The maximum absolute atomic E-state index is 12.4. The molecule has 0 aliphatic rings. The molecule has 0 saturated carbocycles. The first-order valence-electron chi connectivity index (χ1n) is 7.10. The molecule has 1 N–H and O–H groups in total. The number of rotatable bonds is 6. The number of nitrogens with one attached hydrogen (secondary N) is 1. The van der Waals surface area contributed by atoms with Gasteiger partial charge in [0.05, 0.1) is 12.1 Å². The van der Waals surface area contributed by atoms with E-state index in [1.807, 2.05) is 19.1 Å². The number of amides is 1. The second kappa shape index (κ2) is 8.22. The van der Waals surface area contributed by atoms with Gasteiger partial charge in [-0.1, -0.05) is 30.7 Å². The Hall–Kier alpha value is -1.72. The van der Waals surface area contributed by atoms with E-state index in [0.29, 0.717) is 28.6 Å². The fraction of sp³-hybridized carbons (Fsp3) is 0.235. The Balaban J connectivity index is 2.10. The van der Waals surface area contributed by atoms with Crippen LogP contribution in [0.3, 0.4) is 0 Å². The van der Waals surface area contributed by atoms with E-state index in [4.69, 9.17) is 21.1 Å². The number of hydrogen-bond acceptors (Lipinski definition) is 3. The molecule has 0 spiro atoms. The van der Waals surface area contributed by atoms with Crippen molar-refractivity contribution in [1.82, 2.24) is 0 Å². The fourth-order valence-corrected chi connectivity index (χ4v) is 2.42. The number of anilines is 1. The van der Waals surface area contributed by atoms with Gasteiger partial charge in [-0.25, -0.2) is 0 Å². The summed E-state index contributed by atoms with van der Waals surface area (Å²) in [4.78, 5) is 12.4. The summed E-state index contributed by atoms with van der Waals surface area (Å²) in [6, 6.07) is 12.5. The van der Waals surface area contributed by atoms with E-state index >= 15 is 0 Å². The molecule has 122 valence electrons. The zero-order valence-corrected chi connectivity index (χ0v) is 15.1. The lowest BCUT2D eigenvalue weighted by Crippen LogP contribution is -2.32. The Bertz CT molecular complexity index is 693. The van der Waals surface area contributed by atoms with Crippen LogP contribution in [0.25, 0.3) is 0 Å². The van der Waals surface area contributed by atoms with Gasteiger partial charge in [-0.15, -0.1) is 0 Å². The SMILES string of the molecule is CC[C@@H](Oc1ccccc1OC)C(=O)Nc1ccc(Br)c(Cl)c1. The molecular formula is C17H17BrClNO3. The Kier molecular flexibility index (Phi) is 6.30. The molecule has 0 bridgehead atoms. The third-order valence-electron chi connectivity index (χ3n) is 3.19. The Labute approximate surface area is 148 Å². The minimum Gasteiger partial charge on any atom is -0.493 e. The van der Waals surface area contributed by atoms with Crippen LogP contribution >= 0.6 is 27.5 Å².